The Balaban J connectivity index is 0.000000253. The maximum Gasteiger partial charge on any atom is 0.0914 e. The average Bonchev–Trinajstić information content (AvgIpc) is 3.88. The molecule has 5 heteroatoms. The van der Waals surface area contributed by atoms with Crippen molar-refractivity contribution in [3.05, 3.63) is 185 Å². The van der Waals surface area contributed by atoms with Crippen LogP contribution in [0.3, 0.4) is 0 Å². The van der Waals surface area contributed by atoms with Gasteiger partial charge in [0.05, 0.1) is 28.2 Å². The summed E-state index contributed by atoms with van der Waals surface area (Å²) < 4.78 is 52.7. The van der Waals surface area contributed by atoms with Crippen molar-refractivity contribution in [2.45, 2.75) is 67.1 Å². The van der Waals surface area contributed by atoms with Crippen LogP contribution in [0.15, 0.2) is 144 Å². The third kappa shape index (κ3) is 8.37. The van der Waals surface area contributed by atoms with Gasteiger partial charge in [-0.1, -0.05) is 143 Å². The molecule has 297 valence electrons. The summed E-state index contributed by atoms with van der Waals surface area (Å²) in [6, 6.07) is 50.5. The van der Waals surface area contributed by atoms with E-state index in [0.717, 1.165) is 50.3 Å². The zero-order valence-corrected chi connectivity index (χ0v) is 36.4. The summed E-state index contributed by atoms with van der Waals surface area (Å²) in [5, 5.41) is 0.943. The molecule has 0 bridgehead atoms. The van der Waals surface area contributed by atoms with Gasteiger partial charge in [0.2, 0.25) is 0 Å². The Morgan fingerprint density at radius 3 is 2.02 bits per heavy atom. The van der Waals surface area contributed by atoms with E-state index in [0.29, 0.717) is 23.1 Å². The SMILES string of the molecule is Cc1cccc(C)c1-c1cc(-c2nc3ccccc3n2-c2c(C(C)C)cccc2C(C)C)[c-]c2cc(-c3ccccc3)oc12.[2H]C([2H])([2H])c1c[c-]c(-c2ccc(C([2H])([2H])[2H])cn2)cc1.[Ir]. The Morgan fingerprint density at radius 1 is 0.695 bits per heavy atom. The van der Waals surface area contributed by atoms with Crippen molar-refractivity contribution in [3.63, 3.8) is 0 Å². The third-order valence-electron chi connectivity index (χ3n) is 10.6. The predicted molar refractivity (Wildman–Crippen MR) is 242 cm³/mol. The van der Waals surface area contributed by atoms with Crippen molar-refractivity contribution in [1.29, 1.82) is 0 Å². The number of benzene rings is 6. The van der Waals surface area contributed by atoms with E-state index < -0.39 is 13.7 Å². The third-order valence-corrected chi connectivity index (χ3v) is 10.6. The van der Waals surface area contributed by atoms with E-state index in [1.807, 2.05) is 18.2 Å². The fourth-order valence-electron chi connectivity index (χ4n) is 7.71. The van der Waals surface area contributed by atoms with E-state index in [1.54, 1.807) is 12.1 Å². The molecule has 1 radical (unpaired) electrons. The van der Waals surface area contributed by atoms with E-state index in [4.69, 9.17) is 17.6 Å². The smallest absolute Gasteiger partial charge is 0.0914 e. The van der Waals surface area contributed by atoms with Gasteiger partial charge in [0.25, 0.3) is 0 Å². The van der Waals surface area contributed by atoms with E-state index in [9.17, 15) is 0 Å². The van der Waals surface area contributed by atoms with Crippen LogP contribution in [-0.2, 0) is 20.1 Å². The molecule has 0 fully saturated rings. The first-order chi connectivity index (χ1) is 30.5. The molecular formula is C54H49IrN3O-2. The van der Waals surface area contributed by atoms with Crippen molar-refractivity contribution in [2.24, 2.45) is 0 Å². The Hall–Kier alpha value is -5.87. The molecule has 0 amide bonds. The van der Waals surface area contributed by atoms with E-state index >= 15 is 0 Å². The van der Waals surface area contributed by atoms with Crippen LogP contribution in [0.1, 0.15) is 81.1 Å². The molecule has 0 aliphatic carbocycles. The molecule has 9 rings (SSSR count). The van der Waals surface area contributed by atoms with Gasteiger partial charge in [0.1, 0.15) is 0 Å². The Labute approximate surface area is 370 Å². The second-order valence-electron chi connectivity index (χ2n) is 15.4. The number of hydrogen-bond donors (Lipinski definition) is 0. The molecule has 4 nitrogen and oxygen atoms in total. The molecule has 3 aromatic heterocycles. The molecule has 0 N–H and O–H groups in total. The largest absolute Gasteiger partial charge is 0.499 e. The van der Waals surface area contributed by atoms with Gasteiger partial charge in [-0.2, -0.15) is 0 Å². The number of aryl methyl sites for hydroxylation is 4. The van der Waals surface area contributed by atoms with Gasteiger partial charge < -0.3 is 14.0 Å². The van der Waals surface area contributed by atoms with Gasteiger partial charge in [-0.3, -0.25) is 4.98 Å². The summed E-state index contributed by atoms with van der Waals surface area (Å²) in [7, 11) is 0. The normalized spacial score (nSPS) is 13.2. The van der Waals surface area contributed by atoms with Gasteiger partial charge in [0, 0.05) is 45.8 Å². The number of para-hydroxylation sites is 3. The van der Waals surface area contributed by atoms with Crippen LogP contribution in [0.5, 0.6) is 0 Å². The monoisotopic (exact) mass is 954 g/mol. The van der Waals surface area contributed by atoms with E-state index in [-0.39, 0.29) is 31.2 Å². The maximum atomic E-state index is 7.28. The first kappa shape index (κ1) is 34.0. The van der Waals surface area contributed by atoms with Crippen LogP contribution in [-0.4, -0.2) is 14.5 Å². The maximum absolute atomic E-state index is 7.28. The molecular weight excluding hydrogens is 899 g/mol. The van der Waals surface area contributed by atoms with Crippen LogP contribution in [0.2, 0.25) is 0 Å². The van der Waals surface area contributed by atoms with Crippen molar-refractivity contribution >= 4 is 22.0 Å². The van der Waals surface area contributed by atoms with Crippen LogP contribution in [0.25, 0.3) is 72.8 Å². The van der Waals surface area contributed by atoms with Crippen LogP contribution < -0.4 is 0 Å². The second-order valence-corrected chi connectivity index (χ2v) is 15.4. The van der Waals surface area contributed by atoms with Crippen molar-refractivity contribution in [3.8, 4) is 50.8 Å². The predicted octanol–water partition coefficient (Wildman–Crippen LogP) is 14.6. The molecule has 0 aliphatic rings. The minimum absolute atomic E-state index is 0. The fourth-order valence-corrected chi connectivity index (χ4v) is 7.71. The number of fused-ring (bicyclic) bond motifs is 2. The number of rotatable bonds is 7. The summed E-state index contributed by atoms with van der Waals surface area (Å²) in [4.78, 5) is 9.39. The second kappa shape index (κ2) is 17.5. The molecule has 3 heterocycles. The van der Waals surface area contributed by atoms with Crippen molar-refractivity contribution < 1.29 is 32.7 Å². The number of furan rings is 1. The van der Waals surface area contributed by atoms with Crippen molar-refractivity contribution in [2.75, 3.05) is 0 Å². The molecule has 0 unspecified atom stereocenters. The van der Waals surface area contributed by atoms with Gasteiger partial charge in [0.15, 0.2) is 0 Å². The molecule has 0 aliphatic heterocycles. The first-order valence-electron chi connectivity index (χ1n) is 22.7. The first-order valence-corrected chi connectivity index (χ1v) is 19.7. The Morgan fingerprint density at radius 2 is 1.37 bits per heavy atom. The molecule has 0 atom stereocenters. The minimum Gasteiger partial charge on any atom is -0.499 e. The summed E-state index contributed by atoms with van der Waals surface area (Å²) >= 11 is 0. The van der Waals surface area contributed by atoms with E-state index in [2.05, 4.69) is 148 Å². The number of nitrogens with zero attached hydrogens (tertiary/aromatic N) is 3. The molecule has 0 saturated carbocycles. The minimum atomic E-state index is -2.18. The van der Waals surface area contributed by atoms with Crippen LogP contribution in [0, 0.1) is 39.7 Å². The van der Waals surface area contributed by atoms with Gasteiger partial charge >= 0.3 is 0 Å². The molecule has 6 aromatic carbocycles. The van der Waals surface area contributed by atoms with Crippen LogP contribution >= 0.6 is 0 Å². The number of aromatic nitrogens is 3. The number of pyridine rings is 1. The van der Waals surface area contributed by atoms with E-state index in [1.165, 1.54) is 57.9 Å². The summed E-state index contributed by atoms with van der Waals surface area (Å²) in [5.74, 6) is 2.41. The van der Waals surface area contributed by atoms with Crippen molar-refractivity contribution in [1.82, 2.24) is 14.5 Å². The average molecular weight is 954 g/mol. The Bertz CT molecular complexity index is 2990. The fraction of sp³-hybridized carbons (Fsp3) is 0.185. The molecule has 59 heavy (non-hydrogen) atoms. The van der Waals surface area contributed by atoms with Gasteiger partial charge in [-0.25, -0.2) is 0 Å². The quantitative estimate of drug-likeness (QED) is 0.150. The number of hydrogen-bond acceptors (Lipinski definition) is 3. The van der Waals surface area contributed by atoms with Gasteiger partial charge in [-0.15, -0.1) is 47.5 Å². The summed E-state index contributed by atoms with van der Waals surface area (Å²) in [6.45, 7) is 9.10. The molecule has 0 spiro atoms. The topological polar surface area (TPSA) is 43.9 Å². The Kier molecular flexibility index (Phi) is 10.1. The summed E-state index contributed by atoms with van der Waals surface area (Å²) in [5.41, 5.74) is 15.0. The van der Waals surface area contributed by atoms with Crippen LogP contribution in [0.4, 0.5) is 0 Å². The molecule has 9 aromatic rings. The van der Waals surface area contributed by atoms with Gasteiger partial charge in [-0.05, 0) is 89.3 Å². The molecule has 0 saturated heterocycles. The number of imidazole rings is 1. The summed E-state index contributed by atoms with van der Waals surface area (Å²) in [6.07, 6.45) is 1.30. The zero-order valence-electron chi connectivity index (χ0n) is 40.0. The standard InChI is InChI=1S/C41H37N2O.C13H12N.Ir/c1-25(2)32-18-13-19-33(26(3)4)39(32)43-36-21-11-10-20-35(36)42-41(43)31-22-30-24-37(29-16-8-7-9-17-29)44-40(30)34(23-31)38-27(5)14-12-15-28(38)6;1-10-3-6-12(7-4-10)13-8-5-11(2)9-14-13;/h7-21,23-26H,1-6H3;3-6,8-9H,1-2H3;/q2*-1;/i;1D3,2D3;. The zero-order chi connectivity index (χ0) is 45.5.